The molecule has 0 atom stereocenters. The van der Waals surface area contributed by atoms with Crippen LogP contribution in [0.4, 0.5) is 5.82 Å². The lowest BCUT2D eigenvalue weighted by molar-refractivity contribution is 0.373. The maximum atomic E-state index is 13.1. The summed E-state index contributed by atoms with van der Waals surface area (Å²) >= 11 is 0. The third-order valence-electron chi connectivity index (χ3n) is 5.29. The number of sulfonamides is 1. The third-order valence-corrected chi connectivity index (χ3v) is 7.23. The molecule has 1 aromatic heterocycles. The van der Waals surface area contributed by atoms with Crippen molar-refractivity contribution in [2.75, 3.05) is 45.3 Å². The van der Waals surface area contributed by atoms with Gasteiger partial charge in [-0.15, -0.1) is 0 Å². The van der Waals surface area contributed by atoms with Crippen molar-refractivity contribution in [2.45, 2.75) is 4.90 Å². The van der Waals surface area contributed by atoms with Crippen LogP contribution in [-0.4, -0.2) is 63.1 Å². The van der Waals surface area contributed by atoms with Gasteiger partial charge in [-0.25, -0.2) is 18.4 Å². The van der Waals surface area contributed by atoms with E-state index in [1.807, 2.05) is 30.3 Å². The Morgan fingerprint density at radius 3 is 2.26 bits per heavy atom. The summed E-state index contributed by atoms with van der Waals surface area (Å²) in [6, 6.07) is 16.3. The van der Waals surface area contributed by atoms with Crippen LogP contribution in [0.25, 0.3) is 11.3 Å². The molecule has 0 aliphatic carbocycles. The molecular weight excluding hydrogens is 416 g/mol. The Hall–Kier alpha value is -3.17. The van der Waals surface area contributed by atoms with E-state index in [0.717, 1.165) is 22.8 Å². The second-order valence-electron chi connectivity index (χ2n) is 7.03. The van der Waals surface area contributed by atoms with Gasteiger partial charge in [0.15, 0.2) is 0 Å². The van der Waals surface area contributed by atoms with Crippen molar-refractivity contribution in [2.24, 2.45) is 0 Å². The molecule has 0 saturated carbocycles. The number of benzene rings is 2. The summed E-state index contributed by atoms with van der Waals surface area (Å²) < 4.78 is 38.1. The Kier molecular flexibility index (Phi) is 6.06. The van der Waals surface area contributed by atoms with Gasteiger partial charge in [0, 0.05) is 37.8 Å². The van der Waals surface area contributed by atoms with E-state index in [9.17, 15) is 8.42 Å². The zero-order valence-corrected chi connectivity index (χ0v) is 18.2. The molecule has 1 saturated heterocycles. The maximum Gasteiger partial charge on any atom is 0.246 e. The molecule has 9 heteroatoms. The number of nitrogens with zero attached hydrogens (tertiary/aromatic N) is 4. The minimum Gasteiger partial charge on any atom is -0.497 e. The van der Waals surface area contributed by atoms with Crippen LogP contribution >= 0.6 is 0 Å². The van der Waals surface area contributed by atoms with E-state index in [1.54, 1.807) is 31.4 Å². The maximum absolute atomic E-state index is 13.1. The zero-order valence-electron chi connectivity index (χ0n) is 17.4. The van der Waals surface area contributed by atoms with Gasteiger partial charge in [0.05, 0.1) is 19.9 Å². The first kappa shape index (κ1) is 21.1. The summed E-state index contributed by atoms with van der Waals surface area (Å²) in [5.74, 6) is 1.91. The van der Waals surface area contributed by atoms with E-state index in [1.165, 1.54) is 17.7 Å². The molecule has 2 heterocycles. The molecule has 0 amide bonds. The van der Waals surface area contributed by atoms with Crippen molar-refractivity contribution in [3.05, 3.63) is 60.9 Å². The second kappa shape index (κ2) is 8.91. The van der Waals surface area contributed by atoms with Gasteiger partial charge in [0.25, 0.3) is 0 Å². The number of para-hydroxylation sites is 1. The number of ether oxygens (including phenoxy) is 2. The summed E-state index contributed by atoms with van der Waals surface area (Å²) in [6.45, 7) is 1.80. The molecule has 0 unspecified atom stereocenters. The predicted octanol–water partition coefficient (Wildman–Crippen LogP) is 2.67. The Labute approximate surface area is 182 Å². The lowest BCUT2D eigenvalue weighted by Gasteiger charge is -2.34. The molecular formula is C22H24N4O4S. The molecule has 4 rings (SSSR count). The van der Waals surface area contributed by atoms with Crippen LogP contribution in [0.5, 0.6) is 11.5 Å². The highest BCUT2D eigenvalue weighted by molar-refractivity contribution is 7.89. The van der Waals surface area contributed by atoms with Gasteiger partial charge in [0.2, 0.25) is 10.0 Å². The number of methoxy groups -OCH3 is 2. The molecule has 0 bridgehead atoms. The normalized spacial score (nSPS) is 15.0. The first-order valence-corrected chi connectivity index (χ1v) is 11.3. The van der Waals surface area contributed by atoms with Crippen LogP contribution in [0.2, 0.25) is 0 Å². The van der Waals surface area contributed by atoms with E-state index in [0.29, 0.717) is 31.9 Å². The second-order valence-corrected chi connectivity index (χ2v) is 8.94. The van der Waals surface area contributed by atoms with Gasteiger partial charge < -0.3 is 14.4 Å². The van der Waals surface area contributed by atoms with Gasteiger partial charge >= 0.3 is 0 Å². The van der Waals surface area contributed by atoms with Crippen molar-refractivity contribution < 1.29 is 17.9 Å². The molecule has 0 N–H and O–H groups in total. The third kappa shape index (κ3) is 4.33. The number of hydrogen-bond donors (Lipinski definition) is 0. The molecule has 1 aliphatic rings. The lowest BCUT2D eigenvalue weighted by atomic mass is 10.1. The van der Waals surface area contributed by atoms with Gasteiger partial charge in [-0.3, -0.25) is 0 Å². The van der Waals surface area contributed by atoms with Crippen LogP contribution in [-0.2, 0) is 10.0 Å². The Morgan fingerprint density at radius 1 is 0.871 bits per heavy atom. The quantitative estimate of drug-likeness (QED) is 0.583. The molecule has 162 valence electrons. The molecule has 1 fully saturated rings. The van der Waals surface area contributed by atoms with Gasteiger partial charge in [0.1, 0.15) is 28.5 Å². The Bertz CT molecular complexity index is 1140. The van der Waals surface area contributed by atoms with Crippen molar-refractivity contribution >= 4 is 15.8 Å². The van der Waals surface area contributed by atoms with Crippen molar-refractivity contribution in [3.63, 3.8) is 0 Å². The molecule has 8 nitrogen and oxygen atoms in total. The Balaban J connectivity index is 1.49. The fourth-order valence-electron chi connectivity index (χ4n) is 3.57. The fraction of sp³-hybridized carbons (Fsp3) is 0.273. The predicted molar refractivity (Wildman–Crippen MR) is 118 cm³/mol. The summed E-state index contributed by atoms with van der Waals surface area (Å²) in [5.41, 5.74) is 1.76. The van der Waals surface area contributed by atoms with Crippen molar-refractivity contribution in [1.82, 2.24) is 14.3 Å². The molecule has 2 aromatic carbocycles. The van der Waals surface area contributed by atoms with Crippen molar-refractivity contribution in [1.29, 1.82) is 0 Å². The average Bonchev–Trinajstić information content (AvgIpc) is 2.84. The smallest absolute Gasteiger partial charge is 0.246 e. The molecule has 0 spiro atoms. The first-order valence-electron chi connectivity index (χ1n) is 9.87. The molecule has 3 aromatic rings. The summed E-state index contributed by atoms with van der Waals surface area (Å²) in [4.78, 5) is 11.0. The summed E-state index contributed by atoms with van der Waals surface area (Å²) in [7, 11) is -0.527. The molecule has 31 heavy (non-hydrogen) atoms. The van der Waals surface area contributed by atoms with Crippen molar-refractivity contribution in [3.8, 4) is 22.8 Å². The average molecular weight is 441 g/mol. The number of anilines is 1. The highest BCUT2D eigenvalue weighted by Crippen LogP contribution is 2.28. The van der Waals surface area contributed by atoms with Crippen LogP contribution in [0.15, 0.2) is 65.8 Å². The van der Waals surface area contributed by atoms with Crippen LogP contribution < -0.4 is 14.4 Å². The monoisotopic (exact) mass is 440 g/mol. The van der Waals surface area contributed by atoms with Crippen LogP contribution in [0.3, 0.4) is 0 Å². The topological polar surface area (TPSA) is 84.9 Å². The largest absolute Gasteiger partial charge is 0.497 e. The van der Waals surface area contributed by atoms with Gasteiger partial charge in [-0.1, -0.05) is 12.1 Å². The van der Waals surface area contributed by atoms with Gasteiger partial charge in [-0.05, 0) is 36.4 Å². The number of aromatic nitrogens is 2. The van der Waals surface area contributed by atoms with E-state index >= 15 is 0 Å². The lowest BCUT2D eigenvalue weighted by Crippen LogP contribution is -2.49. The van der Waals surface area contributed by atoms with Crippen LogP contribution in [0, 0.1) is 0 Å². The minimum absolute atomic E-state index is 0.190. The zero-order chi connectivity index (χ0) is 21.8. The fourth-order valence-corrected chi connectivity index (χ4v) is 5.15. The summed E-state index contributed by atoms with van der Waals surface area (Å²) in [6.07, 6.45) is 1.53. The first-order chi connectivity index (χ1) is 15.0. The van der Waals surface area contributed by atoms with Crippen LogP contribution in [0.1, 0.15) is 0 Å². The number of piperazine rings is 1. The highest BCUT2D eigenvalue weighted by atomic mass is 32.2. The minimum atomic E-state index is -3.63. The SMILES string of the molecule is COc1ccc(-c2cc(N3CCN(S(=O)(=O)c4ccccc4OC)CC3)ncn2)cc1. The van der Waals surface area contributed by atoms with E-state index < -0.39 is 10.0 Å². The van der Waals surface area contributed by atoms with Gasteiger partial charge in [-0.2, -0.15) is 4.31 Å². The number of hydrogen-bond acceptors (Lipinski definition) is 7. The Morgan fingerprint density at radius 2 is 1.58 bits per heavy atom. The van der Waals surface area contributed by atoms with E-state index in [2.05, 4.69) is 14.9 Å². The summed E-state index contributed by atoms with van der Waals surface area (Å²) in [5, 5.41) is 0. The molecule has 1 aliphatic heterocycles. The molecule has 0 radical (unpaired) electrons. The standard InChI is InChI=1S/C22H24N4O4S/c1-29-18-9-7-17(8-10-18)19-15-22(24-16-23-19)25-11-13-26(14-12-25)31(27,28)21-6-4-3-5-20(21)30-2/h3-10,15-16H,11-14H2,1-2H3. The number of rotatable bonds is 6. The highest BCUT2D eigenvalue weighted by Gasteiger charge is 2.31. The van der Waals surface area contributed by atoms with E-state index in [-0.39, 0.29) is 4.90 Å². The van der Waals surface area contributed by atoms with E-state index in [4.69, 9.17) is 9.47 Å².